The van der Waals surface area contributed by atoms with Crippen molar-refractivity contribution in [2.24, 2.45) is 0 Å². The normalized spacial score (nSPS) is 15.0. The van der Waals surface area contributed by atoms with Gasteiger partial charge in [0.1, 0.15) is 5.52 Å². The maximum Gasteiger partial charge on any atom is 0.114 e. The molecule has 1 aromatic heterocycles. The van der Waals surface area contributed by atoms with Crippen molar-refractivity contribution >= 4 is 51.2 Å². The molecule has 0 unspecified atom stereocenters. The van der Waals surface area contributed by atoms with E-state index in [9.17, 15) is 0 Å². The molecule has 5 nitrogen and oxygen atoms in total. The van der Waals surface area contributed by atoms with E-state index in [-0.39, 0.29) is 0 Å². The molecule has 1 fully saturated rings. The van der Waals surface area contributed by atoms with Crippen molar-refractivity contribution < 1.29 is 0 Å². The number of hydrogen-bond acceptors (Lipinski definition) is 5. The van der Waals surface area contributed by atoms with E-state index in [1.165, 1.54) is 0 Å². The van der Waals surface area contributed by atoms with Crippen molar-refractivity contribution in [3.8, 4) is 0 Å². The third-order valence-corrected chi connectivity index (χ3v) is 5.01. The first-order chi connectivity index (χ1) is 12.1. The van der Waals surface area contributed by atoms with Gasteiger partial charge in [0.05, 0.1) is 16.9 Å². The van der Waals surface area contributed by atoms with Gasteiger partial charge in [-0.2, -0.15) is 5.10 Å². The molecule has 3 aromatic rings. The number of rotatable bonds is 2. The number of nitrogens with zero attached hydrogens (tertiary/aromatic N) is 4. The molecular weight excluding hydrogens is 357 g/mol. The first-order valence-electron chi connectivity index (χ1n) is 8.08. The van der Waals surface area contributed by atoms with Crippen LogP contribution in [-0.2, 0) is 0 Å². The largest absolute Gasteiger partial charge is 0.399 e. The maximum absolute atomic E-state index is 6.25. The van der Waals surface area contributed by atoms with Crippen molar-refractivity contribution in [3.05, 3.63) is 52.6 Å². The number of aromatic nitrogens is 2. The van der Waals surface area contributed by atoms with Crippen molar-refractivity contribution in [1.82, 2.24) is 10.2 Å². The fourth-order valence-electron chi connectivity index (χ4n) is 3.27. The lowest BCUT2D eigenvalue weighted by Gasteiger charge is -2.37. The number of anilines is 3. The summed E-state index contributed by atoms with van der Waals surface area (Å²) in [6, 6.07) is 11.5. The number of benzene rings is 2. The van der Waals surface area contributed by atoms with Crippen LogP contribution in [0.15, 0.2) is 42.6 Å². The molecule has 0 spiro atoms. The standard InChI is InChI=1S/C18H17Cl2N5/c19-12-8-13(21)10-14(9-12)24-4-6-25(7-5-24)17-11-22-23-18-15(17)2-1-3-16(18)20/h1-3,8-11H,4-7,21H2. The summed E-state index contributed by atoms with van der Waals surface area (Å²) in [6.07, 6.45) is 1.81. The summed E-state index contributed by atoms with van der Waals surface area (Å²) in [5, 5.41) is 10.6. The van der Waals surface area contributed by atoms with Crippen LogP contribution in [0.5, 0.6) is 0 Å². The van der Waals surface area contributed by atoms with E-state index in [0.29, 0.717) is 15.7 Å². The molecule has 0 bridgehead atoms. The second-order valence-corrected chi connectivity index (χ2v) is 6.93. The van der Waals surface area contributed by atoms with Gasteiger partial charge in [-0.3, -0.25) is 0 Å². The zero-order valence-electron chi connectivity index (χ0n) is 13.5. The van der Waals surface area contributed by atoms with Crippen LogP contribution in [0, 0.1) is 0 Å². The molecule has 2 aromatic carbocycles. The fourth-order valence-corrected chi connectivity index (χ4v) is 3.72. The Morgan fingerprint density at radius 2 is 1.72 bits per heavy atom. The maximum atomic E-state index is 6.25. The Balaban J connectivity index is 1.57. The Labute approximate surface area is 155 Å². The average Bonchev–Trinajstić information content (AvgIpc) is 2.61. The molecule has 1 saturated heterocycles. The lowest BCUT2D eigenvalue weighted by atomic mass is 10.1. The molecule has 2 heterocycles. The highest BCUT2D eigenvalue weighted by molar-refractivity contribution is 6.35. The minimum Gasteiger partial charge on any atom is -0.399 e. The molecular formula is C18H17Cl2N5. The molecule has 0 saturated carbocycles. The molecule has 0 radical (unpaired) electrons. The second kappa shape index (κ2) is 6.58. The zero-order valence-corrected chi connectivity index (χ0v) is 15.0. The summed E-state index contributed by atoms with van der Waals surface area (Å²) in [7, 11) is 0. The van der Waals surface area contributed by atoms with Crippen molar-refractivity contribution in [3.63, 3.8) is 0 Å². The van der Waals surface area contributed by atoms with Gasteiger partial charge in [-0.1, -0.05) is 35.3 Å². The van der Waals surface area contributed by atoms with Crippen LogP contribution < -0.4 is 15.5 Å². The quantitative estimate of drug-likeness (QED) is 0.691. The van der Waals surface area contributed by atoms with Crippen LogP contribution in [0.2, 0.25) is 10.0 Å². The van der Waals surface area contributed by atoms with Crippen LogP contribution in [0.25, 0.3) is 10.9 Å². The van der Waals surface area contributed by atoms with Gasteiger partial charge in [-0.25, -0.2) is 0 Å². The fraction of sp³-hybridized carbons (Fsp3) is 0.222. The van der Waals surface area contributed by atoms with Gasteiger partial charge in [0.2, 0.25) is 0 Å². The number of halogens is 2. The summed E-state index contributed by atoms with van der Waals surface area (Å²) in [4.78, 5) is 4.61. The Bertz CT molecular complexity index is 902. The minimum absolute atomic E-state index is 0.625. The lowest BCUT2D eigenvalue weighted by Crippen LogP contribution is -2.46. The molecule has 128 valence electrons. The first kappa shape index (κ1) is 16.2. The summed E-state index contributed by atoms with van der Waals surface area (Å²) < 4.78 is 0. The highest BCUT2D eigenvalue weighted by Gasteiger charge is 2.20. The highest BCUT2D eigenvalue weighted by atomic mass is 35.5. The van der Waals surface area contributed by atoms with Crippen LogP contribution in [0.3, 0.4) is 0 Å². The summed E-state index contributed by atoms with van der Waals surface area (Å²) in [5.41, 5.74) is 9.47. The monoisotopic (exact) mass is 373 g/mol. The number of hydrogen-bond donors (Lipinski definition) is 1. The molecule has 1 aliphatic rings. The molecule has 0 amide bonds. The molecule has 4 rings (SSSR count). The molecule has 0 atom stereocenters. The van der Waals surface area contributed by atoms with Crippen molar-refractivity contribution in [2.45, 2.75) is 0 Å². The number of nitrogens with two attached hydrogens (primary N) is 1. The predicted molar refractivity (Wildman–Crippen MR) is 105 cm³/mol. The summed E-state index contributed by atoms with van der Waals surface area (Å²) in [5.74, 6) is 0. The van der Waals surface area contributed by atoms with Crippen LogP contribution in [0.1, 0.15) is 0 Å². The van der Waals surface area contributed by atoms with E-state index in [4.69, 9.17) is 28.9 Å². The molecule has 0 aliphatic carbocycles. The summed E-state index contributed by atoms with van der Waals surface area (Å²) >= 11 is 12.4. The van der Waals surface area contributed by atoms with Gasteiger partial charge in [0.15, 0.2) is 0 Å². The zero-order chi connectivity index (χ0) is 17.4. The van der Waals surface area contributed by atoms with Gasteiger partial charge in [-0.05, 0) is 24.3 Å². The highest BCUT2D eigenvalue weighted by Crippen LogP contribution is 2.30. The molecule has 1 aliphatic heterocycles. The van der Waals surface area contributed by atoms with Crippen LogP contribution in [0.4, 0.5) is 17.1 Å². The van der Waals surface area contributed by atoms with Crippen LogP contribution >= 0.6 is 23.2 Å². The van der Waals surface area contributed by atoms with Gasteiger partial charge < -0.3 is 15.5 Å². The Morgan fingerprint density at radius 1 is 0.960 bits per heavy atom. The van der Waals surface area contributed by atoms with E-state index in [1.54, 1.807) is 6.07 Å². The second-order valence-electron chi connectivity index (χ2n) is 6.08. The van der Waals surface area contributed by atoms with Crippen molar-refractivity contribution in [2.75, 3.05) is 41.7 Å². The topological polar surface area (TPSA) is 58.3 Å². The van der Waals surface area contributed by atoms with Gasteiger partial charge >= 0.3 is 0 Å². The third-order valence-electron chi connectivity index (χ3n) is 4.49. The van der Waals surface area contributed by atoms with E-state index < -0.39 is 0 Å². The van der Waals surface area contributed by atoms with Crippen LogP contribution in [-0.4, -0.2) is 36.4 Å². The molecule has 2 N–H and O–H groups in total. The number of piperazine rings is 1. The predicted octanol–water partition coefficient (Wildman–Crippen LogP) is 3.85. The summed E-state index contributed by atoms with van der Waals surface area (Å²) in [6.45, 7) is 3.51. The number of fused-ring (bicyclic) bond motifs is 1. The van der Waals surface area contributed by atoms with E-state index in [1.807, 2.05) is 36.5 Å². The van der Waals surface area contributed by atoms with Gasteiger partial charge in [0, 0.05) is 48.0 Å². The van der Waals surface area contributed by atoms with Gasteiger partial charge in [0.25, 0.3) is 0 Å². The smallest absolute Gasteiger partial charge is 0.114 e. The SMILES string of the molecule is Nc1cc(Cl)cc(N2CCN(c3cnnc4c(Cl)cccc34)CC2)c1. The Kier molecular flexibility index (Phi) is 4.27. The third kappa shape index (κ3) is 3.17. The molecule has 7 heteroatoms. The van der Waals surface area contributed by atoms with E-state index in [0.717, 1.165) is 48.5 Å². The Hall–Kier alpha value is -2.24. The van der Waals surface area contributed by atoms with E-state index in [2.05, 4.69) is 20.0 Å². The minimum atomic E-state index is 0.625. The lowest BCUT2D eigenvalue weighted by molar-refractivity contribution is 0.654. The first-order valence-corrected chi connectivity index (χ1v) is 8.83. The Morgan fingerprint density at radius 3 is 2.48 bits per heavy atom. The van der Waals surface area contributed by atoms with Gasteiger partial charge in [-0.15, -0.1) is 5.10 Å². The number of nitrogen functional groups attached to an aromatic ring is 1. The van der Waals surface area contributed by atoms with Crippen molar-refractivity contribution in [1.29, 1.82) is 0 Å². The average molecular weight is 374 g/mol. The molecule has 25 heavy (non-hydrogen) atoms. The van der Waals surface area contributed by atoms with E-state index >= 15 is 0 Å².